The Morgan fingerprint density at radius 3 is 2.49 bits per heavy atom. The van der Waals surface area contributed by atoms with E-state index in [4.69, 9.17) is 37.1 Å². The average Bonchev–Trinajstić information content (AvgIpc) is 3.64. The summed E-state index contributed by atoms with van der Waals surface area (Å²) < 4.78 is 18.4. The number of methoxy groups -OCH3 is 1. The third kappa shape index (κ3) is 6.15. The maximum atomic E-state index is 14.0. The van der Waals surface area contributed by atoms with Gasteiger partial charge in [0.25, 0.3) is 5.56 Å². The van der Waals surface area contributed by atoms with Crippen LogP contribution in [0.25, 0.3) is 17.4 Å². The number of thiazole rings is 1. The monoisotopic (exact) mass is 658 g/mol. The molecule has 0 N–H and O–H groups in total. The first-order valence-corrected chi connectivity index (χ1v) is 15.3. The lowest BCUT2D eigenvalue weighted by Crippen LogP contribution is -2.39. The minimum Gasteiger partial charge on any atom is -0.465 e. The number of rotatable bonds is 7. The summed E-state index contributed by atoms with van der Waals surface area (Å²) in [6, 6.07) is 23.5. The van der Waals surface area contributed by atoms with E-state index in [1.165, 1.54) is 23.0 Å². The second kappa shape index (κ2) is 12.7. The van der Waals surface area contributed by atoms with Crippen LogP contribution in [0.2, 0.25) is 10.0 Å². The van der Waals surface area contributed by atoms with Gasteiger partial charge in [0.1, 0.15) is 18.1 Å². The maximum Gasteiger partial charge on any atom is 0.338 e. The topological polar surface area (TPSA) is 100 Å². The molecule has 11 heteroatoms. The normalized spacial score (nSPS) is 14.6. The molecule has 2 aromatic heterocycles. The Labute approximate surface area is 271 Å². The number of nitrogens with zero attached hydrogens (tertiary/aromatic N) is 2. The van der Waals surface area contributed by atoms with Crippen LogP contribution in [0.15, 0.2) is 110 Å². The number of furan rings is 1. The van der Waals surface area contributed by atoms with Crippen molar-refractivity contribution >= 4 is 52.6 Å². The largest absolute Gasteiger partial charge is 0.465 e. The van der Waals surface area contributed by atoms with Crippen LogP contribution in [-0.4, -0.2) is 23.6 Å². The number of aromatic nitrogens is 1. The first-order chi connectivity index (χ1) is 21.7. The molecule has 0 spiro atoms. The smallest absolute Gasteiger partial charge is 0.338 e. The zero-order chi connectivity index (χ0) is 31.7. The number of carbonyl (C=O) groups excluding carboxylic acids is 2. The Kier molecular flexibility index (Phi) is 8.58. The molecule has 1 aliphatic rings. The molecule has 6 rings (SSSR count). The van der Waals surface area contributed by atoms with E-state index in [2.05, 4.69) is 4.99 Å². The molecule has 45 heavy (non-hydrogen) atoms. The zero-order valence-electron chi connectivity index (χ0n) is 24.0. The highest BCUT2D eigenvalue weighted by Crippen LogP contribution is 2.33. The molecule has 0 aliphatic carbocycles. The first-order valence-electron chi connectivity index (χ1n) is 13.7. The molecule has 0 radical (unpaired) electrons. The number of esters is 2. The number of halogens is 2. The molecule has 226 valence electrons. The summed E-state index contributed by atoms with van der Waals surface area (Å²) in [6.07, 6.45) is 1.62. The lowest BCUT2D eigenvalue weighted by atomic mass is 9.95. The second-order valence-corrected chi connectivity index (χ2v) is 11.9. The number of hydrogen-bond acceptors (Lipinski definition) is 8. The van der Waals surface area contributed by atoms with Gasteiger partial charge in [0.15, 0.2) is 4.80 Å². The van der Waals surface area contributed by atoms with Crippen molar-refractivity contribution in [1.29, 1.82) is 0 Å². The lowest BCUT2D eigenvalue weighted by molar-refractivity contribution is -0.140. The third-order valence-electron chi connectivity index (χ3n) is 7.20. The Hall–Kier alpha value is -4.70. The Morgan fingerprint density at radius 2 is 1.76 bits per heavy atom. The Bertz CT molecular complexity index is 2150. The van der Waals surface area contributed by atoms with Gasteiger partial charge in [-0.1, -0.05) is 77.0 Å². The summed E-state index contributed by atoms with van der Waals surface area (Å²) in [4.78, 5) is 44.8. The number of carbonyl (C=O) groups is 2. The van der Waals surface area contributed by atoms with Crippen molar-refractivity contribution in [2.75, 3.05) is 7.11 Å². The molecule has 5 aromatic rings. The van der Waals surface area contributed by atoms with Gasteiger partial charge in [-0.2, -0.15) is 0 Å². The maximum absolute atomic E-state index is 14.0. The number of benzene rings is 3. The summed E-state index contributed by atoms with van der Waals surface area (Å²) in [5.41, 5.74) is 2.61. The van der Waals surface area contributed by atoms with E-state index < -0.39 is 18.0 Å². The molecule has 3 heterocycles. The summed E-state index contributed by atoms with van der Waals surface area (Å²) in [5.74, 6) is -0.199. The quantitative estimate of drug-likeness (QED) is 0.189. The minimum atomic E-state index is -0.865. The van der Waals surface area contributed by atoms with Crippen molar-refractivity contribution in [2.45, 2.75) is 19.6 Å². The van der Waals surface area contributed by atoms with Crippen LogP contribution >= 0.6 is 34.5 Å². The number of hydrogen-bond donors (Lipinski definition) is 0. The predicted octanol–water partition coefficient (Wildman–Crippen LogP) is 6.33. The molecule has 0 amide bonds. The predicted molar refractivity (Wildman–Crippen MR) is 172 cm³/mol. The molecular weight excluding hydrogens is 635 g/mol. The second-order valence-electron chi connectivity index (χ2n) is 10.1. The van der Waals surface area contributed by atoms with Crippen LogP contribution in [0.3, 0.4) is 0 Å². The molecule has 0 fully saturated rings. The fourth-order valence-corrected chi connectivity index (χ4v) is 6.42. The fraction of sp³-hybridized carbons (Fsp3) is 0.118. The van der Waals surface area contributed by atoms with Crippen molar-refractivity contribution in [2.24, 2.45) is 4.99 Å². The van der Waals surface area contributed by atoms with Crippen molar-refractivity contribution in [3.8, 4) is 11.3 Å². The van der Waals surface area contributed by atoms with Gasteiger partial charge in [0, 0.05) is 16.7 Å². The van der Waals surface area contributed by atoms with Crippen LogP contribution in [0, 0.1) is 0 Å². The van der Waals surface area contributed by atoms with Crippen molar-refractivity contribution in [3.05, 3.63) is 148 Å². The van der Waals surface area contributed by atoms with E-state index in [0.717, 1.165) is 5.56 Å². The Balaban J connectivity index is 1.42. The molecule has 0 saturated heterocycles. The fourth-order valence-electron chi connectivity index (χ4n) is 5.01. The van der Waals surface area contributed by atoms with Crippen molar-refractivity contribution in [1.82, 2.24) is 4.57 Å². The molecule has 1 aliphatic heterocycles. The Morgan fingerprint density at radius 1 is 1.00 bits per heavy atom. The van der Waals surface area contributed by atoms with E-state index >= 15 is 0 Å². The minimum absolute atomic E-state index is 0.0480. The van der Waals surface area contributed by atoms with Gasteiger partial charge in [-0.3, -0.25) is 9.36 Å². The van der Waals surface area contributed by atoms with E-state index in [1.54, 1.807) is 67.6 Å². The highest BCUT2D eigenvalue weighted by molar-refractivity contribution is 7.07. The SMILES string of the molecule is COC(=O)c1ccc(C2C(C(=O)OCc3ccccc3)=C(C)N=c3sc(=Cc4ccc(-c5cc(Cl)ccc5Cl)o4)c(=O)n32)cc1. The summed E-state index contributed by atoms with van der Waals surface area (Å²) in [6.45, 7) is 1.76. The average molecular weight is 660 g/mol. The molecule has 0 saturated carbocycles. The van der Waals surface area contributed by atoms with E-state index in [9.17, 15) is 14.4 Å². The number of ether oxygens (including phenoxy) is 2. The molecule has 3 aromatic carbocycles. The molecule has 1 atom stereocenters. The van der Waals surface area contributed by atoms with Gasteiger partial charge >= 0.3 is 11.9 Å². The van der Waals surface area contributed by atoms with Crippen LogP contribution < -0.4 is 14.9 Å². The highest BCUT2D eigenvalue weighted by atomic mass is 35.5. The van der Waals surface area contributed by atoms with Crippen LogP contribution in [-0.2, 0) is 20.9 Å². The van der Waals surface area contributed by atoms with Crippen molar-refractivity contribution < 1.29 is 23.5 Å². The molecule has 1 unspecified atom stereocenters. The summed E-state index contributed by atoms with van der Waals surface area (Å²) >= 11 is 13.7. The van der Waals surface area contributed by atoms with E-state index in [-0.39, 0.29) is 17.7 Å². The molecule has 8 nitrogen and oxygen atoms in total. The van der Waals surface area contributed by atoms with Gasteiger partial charge in [-0.15, -0.1) is 0 Å². The summed E-state index contributed by atoms with van der Waals surface area (Å²) in [7, 11) is 1.30. The van der Waals surface area contributed by atoms with Crippen LogP contribution in [0.5, 0.6) is 0 Å². The first kappa shape index (κ1) is 30.3. The van der Waals surface area contributed by atoms with Gasteiger partial charge in [0.05, 0.1) is 39.5 Å². The van der Waals surface area contributed by atoms with E-state index in [0.29, 0.717) is 53.3 Å². The zero-order valence-corrected chi connectivity index (χ0v) is 26.3. The van der Waals surface area contributed by atoms with Crippen LogP contribution in [0.1, 0.15) is 40.2 Å². The van der Waals surface area contributed by atoms with Gasteiger partial charge in [-0.25, -0.2) is 14.6 Å². The summed E-state index contributed by atoms with van der Waals surface area (Å²) in [5, 5.41) is 0.980. The van der Waals surface area contributed by atoms with Crippen LogP contribution in [0.4, 0.5) is 0 Å². The standard InChI is InChI=1S/C34H24Cl2N2O6S/c1-19-29(33(41)43-18-20-6-4-3-5-7-20)30(21-8-10-22(11-9-21)32(40)42-2)38-31(39)28(45-34(38)37-19)17-24-13-15-27(44-24)25-16-23(35)12-14-26(25)36/h3-17,30H,18H2,1-2H3. The van der Waals surface area contributed by atoms with Crippen molar-refractivity contribution in [3.63, 3.8) is 0 Å². The van der Waals surface area contributed by atoms with E-state index in [1.807, 2.05) is 30.3 Å². The third-order valence-corrected chi connectivity index (χ3v) is 8.74. The number of fused-ring (bicyclic) bond motifs is 1. The lowest BCUT2D eigenvalue weighted by Gasteiger charge is -2.25. The molecule has 0 bridgehead atoms. The molecular formula is C34H24Cl2N2O6S. The highest BCUT2D eigenvalue weighted by Gasteiger charge is 2.33. The van der Waals surface area contributed by atoms with Gasteiger partial charge in [-0.05, 0) is 60.5 Å². The number of allylic oxidation sites excluding steroid dienone is 1. The van der Waals surface area contributed by atoms with Gasteiger partial charge in [0.2, 0.25) is 0 Å². The van der Waals surface area contributed by atoms with Gasteiger partial charge < -0.3 is 13.9 Å².